The van der Waals surface area contributed by atoms with Gasteiger partial charge in [-0.05, 0) is 44.4 Å². The van der Waals surface area contributed by atoms with Crippen LogP contribution >= 0.6 is 0 Å². The third-order valence-electron chi connectivity index (χ3n) is 5.81. The van der Waals surface area contributed by atoms with Gasteiger partial charge in [0, 0.05) is 32.2 Å². The summed E-state index contributed by atoms with van der Waals surface area (Å²) in [5, 5.41) is 3.75. The van der Waals surface area contributed by atoms with Gasteiger partial charge in [0.1, 0.15) is 11.3 Å². The maximum absolute atomic E-state index is 12.8. The number of carbonyl (C=O) groups is 1. The first kappa shape index (κ1) is 14.2. The van der Waals surface area contributed by atoms with Gasteiger partial charge < -0.3 is 9.42 Å². The number of hydrogen-bond donors (Lipinski definition) is 0. The Kier molecular flexibility index (Phi) is 3.68. The van der Waals surface area contributed by atoms with Crippen molar-refractivity contribution in [2.75, 3.05) is 26.2 Å². The Morgan fingerprint density at radius 3 is 2.82 bits per heavy atom. The second kappa shape index (κ2) is 5.69. The molecule has 0 spiro atoms. The summed E-state index contributed by atoms with van der Waals surface area (Å²) < 4.78 is 5.06. The Hall–Kier alpha value is -1.36. The molecule has 4 fully saturated rings. The predicted molar refractivity (Wildman–Crippen MR) is 82.6 cm³/mol. The van der Waals surface area contributed by atoms with E-state index in [4.69, 9.17) is 4.52 Å². The molecule has 5 rings (SSSR count). The molecule has 3 saturated heterocycles. The lowest BCUT2D eigenvalue weighted by Crippen LogP contribution is -2.47. The van der Waals surface area contributed by atoms with Crippen molar-refractivity contribution in [3.05, 3.63) is 17.5 Å². The van der Waals surface area contributed by atoms with Crippen LogP contribution in [0, 0.1) is 18.8 Å². The van der Waals surface area contributed by atoms with Crippen molar-refractivity contribution in [1.82, 2.24) is 15.0 Å². The van der Waals surface area contributed by atoms with Gasteiger partial charge in [-0.1, -0.05) is 11.6 Å². The maximum atomic E-state index is 12.8. The lowest BCUT2D eigenvalue weighted by Gasteiger charge is -2.40. The van der Waals surface area contributed by atoms with Crippen molar-refractivity contribution in [2.45, 2.75) is 45.1 Å². The Labute approximate surface area is 131 Å². The van der Waals surface area contributed by atoms with Gasteiger partial charge >= 0.3 is 0 Å². The first-order chi connectivity index (χ1) is 10.7. The van der Waals surface area contributed by atoms with Crippen LogP contribution in [0.2, 0.25) is 0 Å². The molecule has 3 aliphatic heterocycles. The molecule has 22 heavy (non-hydrogen) atoms. The second-order valence-corrected chi connectivity index (χ2v) is 7.35. The summed E-state index contributed by atoms with van der Waals surface area (Å²) in [4.78, 5) is 17.5. The number of fused-ring (bicyclic) bond motifs is 4. The van der Waals surface area contributed by atoms with E-state index in [-0.39, 0.29) is 5.91 Å². The molecule has 0 N–H and O–H groups in total. The molecule has 5 heteroatoms. The summed E-state index contributed by atoms with van der Waals surface area (Å²) in [6, 6.07) is 0.545. The van der Waals surface area contributed by atoms with Crippen molar-refractivity contribution in [3.63, 3.8) is 0 Å². The van der Waals surface area contributed by atoms with E-state index in [0.29, 0.717) is 23.3 Å². The number of carbonyl (C=O) groups excluding carboxylic acids is 1. The number of aromatic nitrogens is 1. The molecule has 0 unspecified atom stereocenters. The molecule has 5 nitrogen and oxygen atoms in total. The number of hydrogen-bond acceptors (Lipinski definition) is 4. The van der Waals surface area contributed by atoms with Gasteiger partial charge in [0.15, 0.2) is 0 Å². The van der Waals surface area contributed by atoms with Crippen LogP contribution in [0.15, 0.2) is 10.7 Å². The zero-order valence-electron chi connectivity index (χ0n) is 13.3. The molecule has 1 aliphatic carbocycles. The third-order valence-corrected chi connectivity index (χ3v) is 5.81. The minimum atomic E-state index is 0.0983. The van der Waals surface area contributed by atoms with Crippen molar-refractivity contribution >= 4 is 5.91 Å². The zero-order chi connectivity index (χ0) is 15.1. The number of amides is 1. The molecule has 0 radical (unpaired) electrons. The third kappa shape index (κ3) is 2.56. The lowest BCUT2D eigenvalue weighted by atomic mass is 9.83. The summed E-state index contributed by atoms with van der Waals surface area (Å²) in [5.74, 6) is 2.26. The average Bonchev–Trinajstić information content (AvgIpc) is 2.71. The van der Waals surface area contributed by atoms with Crippen LogP contribution in [0.1, 0.15) is 48.2 Å². The quantitative estimate of drug-likeness (QED) is 0.860. The maximum Gasteiger partial charge on any atom is 0.259 e. The Morgan fingerprint density at radius 1 is 1.27 bits per heavy atom. The molecule has 1 aromatic rings. The number of piperidine rings is 1. The van der Waals surface area contributed by atoms with Crippen molar-refractivity contribution in [1.29, 1.82) is 0 Å². The van der Waals surface area contributed by atoms with Gasteiger partial charge in [0.05, 0.1) is 6.20 Å². The smallest absolute Gasteiger partial charge is 0.259 e. The van der Waals surface area contributed by atoms with Crippen LogP contribution in [0.5, 0.6) is 0 Å². The van der Waals surface area contributed by atoms with E-state index < -0.39 is 0 Å². The highest BCUT2D eigenvalue weighted by Crippen LogP contribution is 2.33. The van der Waals surface area contributed by atoms with E-state index in [2.05, 4.69) is 10.1 Å². The highest BCUT2D eigenvalue weighted by molar-refractivity contribution is 5.94. The summed E-state index contributed by atoms with van der Waals surface area (Å²) in [5.41, 5.74) is 0.631. The highest BCUT2D eigenvalue weighted by atomic mass is 16.5. The number of nitrogens with zero attached hydrogens (tertiary/aromatic N) is 3. The fourth-order valence-electron chi connectivity index (χ4n) is 4.25. The van der Waals surface area contributed by atoms with Gasteiger partial charge in [-0.25, -0.2) is 0 Å². The topological polar surface area (TPSA) is 49.6 Å². The molecule has 1 aromatic heterocycles. The Balaban J connectivity index is 1.48. The minimum absolute atomic E-state index is 0.0983. The van der Waals surface area contributed by atoms with Gasteiger partial charge in [0.2, 0.25) is 0 Å². The molecule has 2 atom stereocenters. The minimum Gasteiger partial charge on any atom is -0.361 e. The summed E-state index contributed by atoms with van der Waals surface area (Å²) >= 11 is 0. The van der Waals surface area contributed by atoms with E-state index in [1.54, 1.807) is 6.20 Å². The SMILES string of the molecule is Cc1oncc1C(=O)N1C[C@H]2CC[C@@H](C1)N(CC1CCC1)C2. The van der Waals surface area contributed by atoms with Gasteiger partial charge in [-0.3, -0.25) is 9.69 Å². The van der Waals surface area contributed by atoms with E-state index >= 15 is 0 Å². The van der Waals surface area contributed by atoms with E-state index in [9.17, 15) is 4.79 Å². The standard InChI is InChI=1S/C17H25N3O2/c1-12-16(7-18-22-12)17(21)20-10-14-5-6-15(11-20)19(9-14)8-13-3-2-4-13/h7,13-15H,2-6,8-11H2,1H3/t14-,15-/m0/s1. The van der Waals surface area contributed by atoms with Gasteiger partial charge in [-0.2, -0.15) is 0 Å². The molecule has 4 heterocycles. The largest absolute Gasteiger partial charge is 0.361 e. The molecule has 120 valence electrons. The lowest BCUT2D eigenvalue weighted by molar-refractivity contribution is 0.0715. The van der Waals surface area contributed by atoms with Crippen LogP contribution in [0.25, 0.3) is 0 Å². The number of rotatable bonds is 3. The Bertz CT molecular complexity index is 552. The zero-order valence-corrected chi connectivity index (χ0v) is 13.3. The molecule has 2 bridgehead atoms. The molecule has 0 aromatic carbocycles. The first-order valence-electron chi connectivity index (χ1n) is 8.65. The van der Waals surface area contributed by atoms with Crippen LogP contribution in [0.4, 0.5) is 0 Å². The van der Waals surface area contributed by atoms with E-state index in [1.165, 1.54) is 45.2 Å². The number of aryl methyl sites for hydroxylation is 1. The monoisotopic (exact) mass is 303 g/mol. The summed E-state index contributed by atoms with van der Waals surface area (Å²) in [6.07, 6.45) is 8.27. The molecule has 1 amide bonds. The summed E-state index contributed by atoms with van der Waals surface area (Å²) in [6.45, 7) is 5.99. The van der Waals surface area contributed by atoms with Crippen LogP contribution < -0.4 is 0 Å². The van der Waals surface area contributed by atoms with Crippen LogP contribution in [0.3, 0.4) is 0 Å². The highest BCUT2D eigenvalue weighted by Gasteiger charge is 2.38. The normalized spacial score (nSPS) is 29.4. The molecular formula is C17H25N3O2. The van der Waals surface area contributed by atoms with Crippen molar-refractivity contribution in [3.8, 4) is 0 Å². The van der Waals surface area contributed by atoms with E-state index in [0.717, 1.165) is 19.0 Å². The predicted octanol–water partition coefficient (Wildman–Crippen LogP) is 2.32. The molecular weight excluding hydrogens is 278 g/mol. The Morgan fingerprint density at radius 2 is 2.14 bits per heavy atom. The summed E-state index contributed by atoms with van der Waals surface area (Å²) in [7, 11) is 0. The fourth-order valence-corrected chi connectivity index (χ4v) is 4.25. The van der Waals surface area contributed by atoms with Crippen molar-refractivity contribution < 1.29 is 9.32 Å². The fraction of sp³-hybridized carbons (Fsp3) is 0.765. The average molecular weight is 303 g/mol. The second-order valence-electron chi connectivity index (χ2n) is 7.35. The molecule has 4 aliphatic rings. The van der Waals surface area contributed by atoms with Crippen LogP contribution in [-0.4, -0.2) is 53.1 Å². The van der Waals surface area contributed by atoms with Crippen molar-refractivity contribution in [2.24, 2.45) is 11.8 Å². The van der Waals surface area contributed by atoms with Gasteiger partial charge in [0.25, 0.3) is 5.91 Å². The molecule has 1 saturated carbocycles. The first-order valence-corrected chi connectivity index (χ1v) is 8.65. The van der Waals surface area contributed by atoms with E-state index in [1.807, 2.05) is 11.8 Å². The van der Waals surface area contributed by atoms with Crippen LogP contribution in [-0.2, 0) is 0 Å². The van der Waals surface area contributed by atoms with Gasteiger partial charge in [-0.15, -0.1) is 0 Å².